The Morgan fingerprint density at radius 3 is 1.72 bits per heavy atom. The maximum atomic E-state index is 12.6. The van der Waals surface area contributed by atoms with Gasteiger partial charge in [-0.05, 0) is 75.3 Å². The minimum absolute atomic E-state index is 0.00626. The Balaban J connectivity index is 1.94. The predicted molar refractivity (Wildman–Crippen MR) is 117 cm³/mol. The first kappa shape index (κ1) is 24.1. The van der Waals surface area contributed by atoms with Crippen LogP contribution < -0.4 is 5.32 Å². The third-order valence-electron chi connectivity index (χ3n) is 7.12. The van der Waals surface area contributed by atoms with Crippen molar-refractivity contribution in [2.24, 2.45) is 0 Å². The summed E-state index contributed by atoms with van der Waals surface area (Å²) in [6.07, 6.45) is 3.26. The summed E-state index contributed by atoms with van der Waals surface area (Å²) in [6.45, 7) is 19.1. The molecule has 29 heavy (non-hydrogen) atoms. The van der Waals surface area contributed by atoms with Gasteiger partial charge < -0.3 is 15.0 Å². The molecule has 2 saturated heterocycles. The van der Waals surface area contributed by atoms with Crippen molar-refractivity contribution >= 4 is 11.9 Å². The molecule has 2 aliphatic rings. The molecule has 168 valence electrons. The topological polar surface area (TPSA) is 61.9 Å². The number of nitrogens with zero attached hydrogens (tertiary/aromatic N) is 2. The summed E-state index contributed by atoms with van der Waals surface area (Å²) in [6, 6.07) is 0.175. The van der Waals surface area contributed by atoms with Crippen molar-refractivity contribution in [1.29, 1.82) is 0 Å². The lowest BCUT2D eigenvalue weighted by molar-refractivity contribution is -0.159. The van der Waals surface area contributed by atoms with Crippen LogP contribution in [0.1, 0.15) is 88.0 Å². The molecule has 0 aromatic heterocycles. The van der Waals surface area contributed by atoms with Crippen LogP contribution in [0.15, 0.2) is 0 Å². The first-order chi connectivity index (χ1) is 13.0. The second-order valence-corrected chi connectivity index (χ2v) is 11.7. The number of amides is 1. The van der Waals surface area contributed by atoms with Gasteiger partial charge in [0.05, 0.1) is 6.54 Å². The summed E-state index contributed by atoms with van der Waals surface area (Å²) < 4.78 is 5.87. The van der Waals surface area contributed by atoms with Gasteiger partial charge in [0.25, 0.3) is 0 Å². The van der Waals surface area contributed by atoms with E-state index in [0.29, 0.717) is 0 Å². The van der Waals surface area contributed by atoms with Gasteiger partial charge in [0.1, 0.15) is 6.10 Å². The monoisotopic (exact) mass is 409 g/mol. The smallest absolute Gasteiger partial charge is 0.320 e. The van der Waals surface area contributed by atoms with Gasteiger partial charge in [-0.25, -0.2) is 0 Å². The fourth-order valence-corrected chi connectivity index (χ4v) is 6.10. The van der Waals surface area contributed by atoms with E-state index in [1.807, 2.05) is 4.90 Å². The lowest BCUT2D eigenvalue weighted by atomic mass is 9.77. The normalized spacial score (nSPS) is 26.9. The Morgan fingerprint density at radius 2 is 1.31 bits per heavy atom. The van der Waals surface area contributed by atoms with Crippen molar-refractivity contribution in [1.82, 2.24) is 15.1 Å². The zero-order valence-electron chi connectivity index (χ0n) is 20.3. The molecule has 0 saturated carbocycles. The van der Waals surface area contributed by atoms with E-state index >= 15 is 0 Å². The standard InChI is InChI=1S/C23H43N3O3/c1-16(27)26-22(6,7)11-17(12-23(26,8)9)24-15-19(28)29-18-13-20(2,3)25(10)21(4,5)14-18/h17-18,24H,11-15H2,1-10H3. The molecule has 0 aromatic rings. The summed E-state index contributed by atoms with van der Waals surface area (Å²) in [5.74, 6) is -0.0823. The molecule has 2 fully saturated rings. The number of likely N-dealkylation sites (tertiary alicyclic amines) is 2. The van der Waals surface area contributed by atoms with Crippen molar-refractivity contribution in [2.75, 3.05) is 13.6 Å². The van der Waals surface area contributed by atoms with Gasteiger partial charge in [-0.2, -0.15) is 0 Å². The van der Waals surface area contributed by atoms with Crippen LogP contribution in [-0.2, 0) is 14.3 Å². The molecule has 0 bridgehead atoms. The van der Waals surface area contributed by atoms with Gasteiger partial charge >= 0.3 is 5.97 Å². The number of nitrogens with one attached hydrogen (secondary N) is 1. The Kier molecular flexibility index (Phi) is 6.53. The van der Waals surface area contributed by atoms with Crippen LogP contribution in [0.2, 0.25) is 0 Å². The van der Waals surface area contributed by atoms with E-state index in [1.165, 1.54) is 0 Å². The van der Waals surface area contributed by atoms with Crippen LogP contribution in [0.4, 0.5) is 0 Å². The number of piperidine rings is 2. The lowest BCUT2D eigenvalue weighted by Crippen LogP contribution is -2.65. The van der Waals surface area contributed by atoms with Gasteiger partial charge in [0, 0.05) is 48.0 Å². The van der Waals surface area contributed by atoms with Crippen molar-refractivity contribution in [3.63, 3.8) is 0 Å². The molecule has 2 heterocycles. The number of carbonyl (C=O) groups is 2. The quantitative estimate of drug-likeness (QED) is 0.722. The first-order valence-corrected chi connectivity index (χ1v) is 11.0. The van der Waals surface area contributed by atoms with Gasteiger partial charge in [0.15, 0.2) is 0 Å². The van der Waals surface area contributed by atoms with E-state index < -0.39 is 0 Å². The third kappa shape index (κ3) is 5.32. The highest BCUT2D eigenvalue weighted by molar-refractivity contribution is 5.75. The summed E-state index contributed by atoms with van der Waals surface area (Å²) in [5.41, 5.74) is -0.518. The molecule has 0 atom stereocenters. The van der Waals surface area contributed by atoms with E-state index in [2.05, 4.69) is 72.7 Å². The number of hydrogen-bond donors (Lipinski definition) is 1. The average molecular weight is 410 g/mol. The second-order valence-electron chi connectivity index (χ2n) is 11.7. The van der Waals surface area contributed by atoms with E-state index in [4.69, 9.17) is 4.74 Å². The minimum atomic E-state index is -0.253. The highest BCUT2D eigenvalue weighted by Crippen LogP contribution is 2.39. The Morgan fingerprint density at radius 1 is 0.862 bits per heavy atom. The Hall–Kier alpha value is -1.14. The molecule has 0 radical (unpaired) electrons. The SMILES string of the molecule is CC(=O)N1C(C)(C)CC(NCC(=O)OC2CC(C)(C)N(C)C(C)(C)C2)CC1(C)C. The van der Waals surface area contributed by atoms with Gasteiger partial charge in [-0.15, -0.1) is 0 Å². The van der Waals surface area contributed by atoms with Gasteiger partial charge in [-0.1, -0.05) is 0 Å². The zero-order chi connectivity index (χ0) is 22.4. The predicted octanol–water partition coefficient (Wildman–Crippen LogP) is 3.34. The molecule has 1 amide bonds. The van der Waals surface area contributed by atoms with Gasteiger partial charge in [-0.3, -0.25) is 14.5 Å². The lowest BCUT2D eigenvalue weighted by Gasteiger charge is -2.55. The number of rotatable bonds is 4. The molecule has 6 nitrogen and oxygen atoms in total. The molecule has 6 heteroatoms. The van der Waals surface area contributed by atoms with E-state index in [9.17, 15) is 9.59 Å². The Bertz CT molecular complexity index is 603. The first-order valence-electron chi connectivity index (χ1n) is 11.0. The molecule has 1 N–H and O–H groups in total. The summed E-state index contributed by atoms with van der Waals surface area (Å²) in [7, 11) is 2.15. The van der Waals surface area contributed by atoms with Crippen molar-refractivity contribution in [2.45, 2.75) is 122 Å². The maximum absolute atomic E-state index is 12.6. The summed E-state index contributed by atoms with van der Waals surface area (Å²) >= 11 is 0. The third-order valence-corrected chi connectivity index (χ3v) is 7.12. The van der Waals surface area contributed by atoms with Crippen LogP contribution >= 0.6 is 0 Å². The largest absolute Gasteiger partial charge is 0.461 e. The molecule has 0 spiro atoms. The van der Waals surface area contributed by atoms with Crippen LogP contribution in [0.25, 0.3) is 0 Å². The van der Waals surface area contributed by atoms with Gasteiger partial charge in [0.2, 0.25) is 5.91 Å². The average Bonchev–Trinajstić information content (AvgIpc) is 2.47. The van der Waals surface area contributed by atoms with Crippen LogP contribution in [0.5, 0.6) is 0 Å². The number of hydrogen-bond acceptors (Lipinski definition) is 5. The highest BCUT2D eigenvalue weighted by atomic mass is 16.5. The number of esters is 1. The van der Waals surface area contributed by atoms with Crippen molar-refractivity contribution < 1.29 is 14.3 Å². The van der Waals surface area contributed by atoms with Crippen LogP contribution in [-0.4, -0.2) is 69.6 Å². The number of ether oxygens (including phenoxy) is 1. The molecule has 0 unspecified atom stereocenters. The molecule has 2 aliphatic heterocycles. The van der Waals surface area contributed by atoms with Crippen LogP contribution in [0.3, 0.4) is 0 Å². The fraction of sp³-hybridized carbons (Fsp3) is 0.913. The second kappa shape index (κ2) is 7.84. The van der Waals surface area contributed by atoms with E-state index in [1.54, 1.807) is 6.92 Å². The molecule has 0 aromatic carbocycles. The zero-order valence-corrected chi connectivity index (χ0v) is 20.3. The van der Waals surface area contributed by atoms with Crippen molar-refractivity contribution in [3.8, 4) is 0 Å². The fourth-order valence-electron chi connectivity index (χ4n) is 6.10. The Labute approximate surface area is 177 Å². The van der Waals surface area contributed by atoms with E-state index in [0.717, 1.165) is 25.7 Å². The number of carbonyl (C=O) groups excluding carboxylic acids is 2. The summed E-state index contributed by atoms with van der Waals surface area (Å²) in [4.78, 5) is 29.1. The maximum Gasteiger partial charge on any atom is 0.320 e. The molecule has 0 aliphatic carbocycles. The summed E-state index contributed by atoms with van der Waals surface area (Å²) in [5, 5.41) is 3.41. The highest BCUT2D eigenvalue weighted by Gasteiger charge is 2.47. The van der Waals surface area contributed by atoms with Crippen molar-refractivity contribution in [3.05, 3.63) is 0 Å². The van der Waals surface area contributed by atoms with E-state index in [-0.39, 0.29) is 52.7 Å². The molecular formula is C23H43N3O3. The molecule has 2 rings (SSSR count). The van der Waals surface area contributed by atoms with Crippen LogP contribution in [0, 0.1) is 0 Å². The minimum Gasteiger partial charge on any atom is -0.461 e. The molecular weight excluding hydrogens is 366 g/mol.